The maximum absolute atomic E-state index is 13.3. The Morgan fingerprint density at radius 3 is 2.33 bits per heavy atom. The molecule has 10 heteroatoms. The summed E-state index contributed by atoms with van der Waals surface area (Å²) in [7, 11) is -1.44. The fourth-order valence-electron chi connectivity index (χ4n) is 3.93. The summed E-state index contributed by atoms with van der Waals surface area (Å²) < 4.78 is 52.6. The molecule has 0 radical (unpaired) electrons. The van der Waals surface area contributed by atoms with E-state index < -0.39 is 39.3 Å². The second-order valence-corrected chi connectivity index (χ2v) is 10.5. The van der Waals surface area contributed by atoms with Crippen molar-refractivity contribution in [2.45, 2.75) is 31.0 Å². The first-order valence-corrected chi connectivity index (χ1v) is 11.9. The van der Waals surface area contributed by atoms with E-state index in [1.165, 1.54) is 26.3 Å². The van der Waals surface area contributed by atoms with Gasteiger partial charge in [-0.05, 0) is 64.6 Å². The lowest BCUT2D eigenvalue weighted by molar-refractivity contribution is -0.137. The summed E-state index contributed by atoms with van der Waals surface area (Å²) in [5, 5.41) is 10.1. The lowest BCUT2D eigenvalue weighted by Crippen LogP contribution is -2.49. The number of anilines is 1. The van der Waals surface area contributed by atoms with E-state index in [9.17, 15) is 32.1 Å². The molecule has 2 aromatic rings. The van der Waals surface area contributed by atoms with Gasteiger partial charge in [0.05, 0.1) is 22.9 Å². The highest BCUT2D eigenvalue weighted by atomic mass is 32.2. The largest absolute Gasteiger partial charge is 0.478 e. The quantitative estimate of drug-likeness (QED) is 0.644. The van der Waals surface area contributed by atoms with Crippen molar-refractivity contribution in [3.8, 4) is 0 Å². The van der Waals surface area contributed by atoms with Gasteiger partial charge >= 0.3 is 18.2 Å². The van der Waals surface area contributed by atoms with E-state index in [0.29, 0.717) is 10.5 Å². The summed E-state index contributed by atoms with van der Waals surface area (Å²) in [5.74, 6) is 2.35. The second kappa shape index (κ2) is 8.26. The van der Waals surface area contributed by atoms with E-state index in [4.69, 9.17) is 0 Å². The average Bonchev–Trinajstić information content (AvgIpc) is 2.69. The Labute approximate surface area is 189 Å². The molecule has 176 valence electrons. The standard InChI is InChI=1S/C23H23F3N2O4S/c1-13-9-10-17(18(11-13)33(4,5)32)20-19(21(29)30)14(2)28(22(31)27(20)3)16-8-6-7-15(12-16)23(24,25)26/h6-12,20H,4H2,1-3,5H3,(H,29,30)/t20-,33?/m1/s1. The van der Waals surface area contributed by atoms with Crippen molar-refractivity contribution in [1.82, 2.24) is 4.90 Å². The molecule has 0 aliphatic carbocycles. The van der Waals surface area contributed by atoms with Crippen molar-refractivity contribution in [3.05, 3.63) is 70.4 Å². The van der Waals surface area contributed by atoms with Gasteiger partial charge in [-0.15, -0.1) is 0 Å². The van der Waals surface area contributed by atoms with Gasteiger partial charge in [-0.2, -0.15) is 13.2 Å². The molecule has 1 aliphatic heterocycles. The molecule has 1 unspecified atom stereocenters. The molecular formula is C23H23F3N2O4S. The Kier molecular flexibility index (Phi) is 6.10. The summed E-state index contributed by atoms with van der Waals surface area (Å²) in [4.78, 5) is 28.0. The highest BCUT2D eigenvalue weighted by molar-refractivity contribution is 7.99. The molecule has 3 rings (SSSR count). The third-order valence-corrected chi connectivity index (χ3v) is 6.75. The molecule has 2 amide bonds. The normalized spacial score (nSPS) is 19.0. The van der Waals surface area contributed by atoms with Crippen LogP contribution in [0.25, 0.3) is 0 Å². The minimum atomic E-state index is -4.64. The molecule has 0 fully saturated rings. The Morgan fingerprint density at radius 1 is 1.15 bits per heavy atom. The lowest BCUT2D eigenvalue weighted by Gasteiger charge is -2.41. The summed E-state index contributed by atoms with van der Waals surface area (Å²) >= 11 is 0. The Balaban J connectivity index is 2.29. The van der Waals surface area contributed by atoms with Crippen molar-refractivity contribution in [2.24, 2.45) is 0 Å². The Bertz CT molecular complexity index is 1280. The predicted molar refractivity (Wildman–Crippen MR) is 121 cm³/mol. The molecule has 0 saturated heterocycles. The molecule has 0 aromatic heterocycles. The van der Waals surface area contributed by atoms with E-state index in [1.807, 2.05) is 0 Å². The van der Waals surface area contributed by atoms with Gasteiger partial charge in [-0.25, -0.2) is 9.59 Å². The molecule has 0 spiro atoms. The number of amides is 2. The van der Waals surface area contributed by atoms with Crippen molar-refractivity contribution in [3.63, 3.8) is 0 Å². The molecule has 0 bridgehead atoms. The van der Waals surface area contributed by atoms with Gasteiger partial charge in [-0.1, -0.05) is 18.2 Å². The van der Waals surface area contributed by atoms with Crippen LogP contribution in [0.1, 0.15) is 29.7 Å². The SMILES string of the molecule is C=S(C)(=O)c1cc(C)ccc1[C@@H]1C(C(=O)O)=C(C)N(c2cccc(C(F)(F)F)c2)C(=O)N1C. The van der Waals surface area contributed by atoms with E-state index in [0.717, 1.165) is 33.6 Å². The van der Waals surface area contributed by atoms with Crippen LogP contribution in [-0.4, -0.2) is 45.4 Å². The third-order valence-electron chi connectivity index (χ3n) is 5.47. The van der Waals surface area contributed by atoms with Crippen LogP contribution in [0.2, 0.25) is 0 Å². The number of benzene rings is 2. The lowest BCUT2D eigenvalue weighted by atomic mass is 9.92. The highest BCUT2D eigenvalue weighted by Gasteiger charge is 2.42. The zero-order valence-corrected chi connectivity index (χ0v) is 19.3. The number of carbonyl (C=O) groups is 2. The van der Waals surface area contributed by atoms with Gasteiger partial charge in [0.15, 0.2) is 0 Å². The van der Waals surface area contributed by atoms with E-state index >= 15 is 0 Å². The van der Waals surface area contributed by atoms with Crippen LogP contribution < -0.4 is 4.90 Å². The first-order valence-electron chi connectivity index (χ1n) is 9.75. The highest BCUT2D eigenvalue weighted by Crippen LogP contribution is 2.41. The first-order chi connectivity index (χ1) is 15.1. The molecule has 2 aromatic carbocycles. The van der Waals surface area contributed by atoms with Gasteiger partial charge in [0, 0.05) is 23.9 Å². The Hall–Kier alpha value is -3.27. The maximum Gasteiger partial charge on any atom is 0.416 e. The number of hydrogen-bond acceptors (Lipinski definition) is 3. The minimum Gasteiger partial charge on any atom is -0.478 e. The number of allylic oxidation sites excluding steroid dienone is 1. The number of nitrogens with zero attached hydrogens (tertiary/aromatic N) is 2. The van der Waals surface area contributed by atoms with E-state index in [2.05, 4.69) is 5.87 Å². The molecule has 1 N–H and O–H groups in total. The summed E-state index contributed by atoms with van der Waals surface area (Å²) in [6, 6.07) is 7.22. The van der Waals surface area contributed by atoms with Gasteiger partial charge in [0.25, 0.3) is 0 Å². The van der Waals surface area contributed by atoms with Crippen LogP contribution in [0.4, 0.5) is 23.7 Å². The van der Waals surface area contributed by atoms with E-state index in [1.54, 1.807) is 25.1 Å². The molecular weight excluding hydrogens is 457 g/mol. The fraction of sp³-hybridized carbons (Fsp3) is 0.261. The number of aliphatic carboxylic acids is 1. The zero-order chi connectivity index (χ0) is 24.9. The number of alkyl halides is 3. The fourth-order valence-corrected chi connectivity index (χ4v) is 5.04. The molecule has 1 aliphatic rings. The number of halogens is 3. The second-order valence-electron chi connectivity index (χ2n) is 8.03. The smallest absolute Gasteiger partial charge is 0.416 e. The van der Waals surface area contributed by atoms with Crippen LogP contribution in [-0.2, 0) is 20.5 Å². The summed E-state index contributed by atoms with van der Waals surface area (Å²) in [5.41, 5.74) is -0.224. The number of likely N-dealkylation sites (N-methyl/N-ethyl adjacent to an activating group) is 1. The Morgan fingerprint density at radius 2 is 1.79 bits per heavy atom. The van der Waals surface area contributed by atoms with E-state index in [-0.39, 0.29) is 17.0 Å². The van der Waals surface area contributed by atoms with Crippen LogP contribution in [0, 0.1) is 6.92 Å². The topological polar surface area (TPSA) is 77.9 Å². The zero-order valence-electron chi connectivity index (χ0n) is 18.4. The van der Waals surface area contributed by atoms with Crippen LogP contribution in [0.5, 0.6) is 0 Å². The molecule has 6 nitrogen and oxygen atoms in total. The number of aryl methyl sites for hydroxylation is 1. The average molecular weight is 481 g/mol. The van der Waals surface area contributed by atoms with Crippen molar-refractivity contribution >= 4 is 33.1 Å². The van der Waals surface area contributed by atoms with Crippen LogP contribution in [0.3, 0.4) is 0 Å². The number of carboxylic acid groups (broad SMARTS) is 1. The van der Waals surface area contributed by atoms with Gasteiger partial charge in [0.1, 0.15) is 0 Å². The minimum absolute atomic E-state index is 0.0342. The third kappa shape index (κ3) is 4.47. The number of urea groups is 1. The summed E-state index contributed by atoms with van der Waals surface area (Å²) in [6.07, 6.45) is -3.22. The molecule has 33 heavy (non-hydrogen) atoms. The molecule has 1 heterocycles. The van der Waals surface area contributed by atoms with Crippen LogP contribution in [0.15, 0.2) is 58.6 Å². The van der Waals surface area contributed by atoms with Gasteiger partial charge < -0.3 is 10.0 Å². The molecule has 2 atom stereocenters. The van der Waals surface area contributed by atoms with Crippen molar-refractivity contribution < 1.29 is 32.1 Å². The monoisotopic (exact) mass is 480 g/mol. The maximum atomic E-state index is 13.3. The van der Waals surface area contributed by atoms with Gasteiger partial charge in [-0.3, -0.25) is 9.11 Å². The predicted octanol–water partition coefficient (Wildman–Crippen LogP) is 4.69. The number of carbonyl (C=O) groups excluding carboxylic acids is 1. The molecule has 0 saturated carbocycles. The van der Waals surface area contributed by atoms with Crippen molar-refractivity contribution in [1.29, 1.82) is 0 Å². The number of carboxylic acids is 1. The van der Waals surface area contributed by atoms with Crippen molar-refractivity contribution in [2.75, 3.05) is 18.2 Å². The summed E-state index contributed by atoms with van der Waals surface area (Å²) in [6.45, 7) is 3.14. The number of hydrogen-bond donors (Lipinski definition) is 1. The van der Waals surface area contributed by atoms with Crippen LogP contribution >= 0.6 is 0 Å². The number of rotatable bonds is 4. The van der Waals surface area contributed by atoms with Gasteiger partial charge in [0.2, 0.25) is 0 Å². The first kappa shape index (κ1) is 24.4.